The summed E-state index contributed by atoms with van der Waals surface area (Å²) in [6.07, 6.45) is 4.88. The molecule has 2 aromatic carbocycles. The van der Waals surface area contributed by atoms with Gasteiger partial charge in [-0.3, -0.25) is 9.59 Å². The Morgan fingerprint density at radius 2 is 1.72 bits per heavy atom. The van der Waals surface area contributed by atoms with Crippen molar-refractivity contribution in [3.8, 4) is 5.75 Å². The van der Waals surface area contributed by atoms with Crippen LogP contribution in [-0.2, 0) is 14.3 Å². The Morgan fingerprint density at radius 1 is 1.03 bits per heavy atom. The number of Topliss-reactive ketones (excluding diaryl/α,β-unsaturated/α-hetero) is 1. The molecule has 0 aliphatic heterocycles. The van der Waals surface area contributed by atoms with Crippen molar-refractivity contribution in [1.82, 2.24) is 0 Å². The predicted octanol–water partition coefficient (Wildman–Crippen LogP) is 4.04. The van der Waals surface area contributed by atoms with Crippen molar-refractivity contribution in [2.45, 2.75) is 13.3 Å². The number of rotatable bonds is 10. The van der Waals surface area contributed by atoms with Gasteiger partial charge in [-0.15, -0.1) is 0 Å². The van der Waals surface area contributed by atoms with Gasteiger partial charge < -0.3 is 14.8 Å². The lowest BCUT2D eigenvalue weighted by Crippen LogP contribution is -2.13. The number of ether oxygens (including phenoxy) is 2. The third-order valence-corrected chi connectivity index (χ3v) is 3.82. The van der Waals surface area contributed by atoms with Gasteiger partial charge in [-0.25, -0.2) is 4.79 Å². The number of hydrogen-bond acceptors (Lipinski definition) is 5. The number of hydrogen-bond donors (Lipinski definition) is 1. The van der Waals surface area contributed by atoms with Gasteiger partial charge in [0.2, 0.25) is 5.91 Å². The van der Waals surface area contributed by atoms with Gasteiger partial charge in [0.15, 0.2) is 12.4 Å². The van der Waals surface area contributed by atoms with Gasteiger partial charge in [-0.05, 0) is 48.0 Å². The SMILES string of the molecule is C=CCOc1ccc(/C=C/C(=O)OCC(=O)c2ccc(NC(=O)CC)cc2)cc1. The highest BCUT2D eigenvalue weighted by atomic mass is 16.5. The second-order valence-corrected chi connectivity index (χ2v) is 6.01. The minimum absolute atomic E-state index is 0.108. The second kappa shape index (κ2) is 11.2. The van der Waals surface area contributed by atoms with E-state index in [0.717, 1.165) is 5.56 Å². The van der Waals surface area contributed by atoms with Gasteiger partial charge in [0, 0.05) is 23.7 Å². The van der Waals surface area contributed by atoms with Crippen LogP contribution in [-0.4, -0.2) is 30.9 Å². The average Bonchev–Trinajstić information content (AvgIpc) is 2.75. The Bertz CT molecular complexity index is 882. The largest absolute Gasteiger partial charge is 0.490 e. The molecule has 1 amide bonds. The molecule has 0 heterocycles. The third kappa shape index (κ3) is 7.46. The van der Waals surface area contributed by atoms with Crippen LogP contribution in [0.15, 0.2) is 67.3 Å². The van der Waals surface area contributed by atoms with E-state index in [4.69, 9.17) is 9.47 Å². The molecule has 0 saturated heterocycles. The standard InChI is InChI=1S/C23H23NO5/c1-3-15-28-20-12-5-17(6-13-20)7-14-23(27)29-16-21(25)18-8-10-19(11-9-18)24-22(26)4-2/h3,5-14H,1,4,15-16H2,2H3,(H,24,26)/b14-7+. The minimum atomic E-state index is -0.614. The molecule has 2 rings (SSSR count). The van der Waals surface area contributed by atoms with Crippen LogP contribution in [0.3, 0.4) is 0 Å². The zero-order valence-corrected chi connectivity index (χ0v) is 16.2. The second-order valence-electron chi connectivity index (χ2n) is 6.01. The quantitative estimate of drug-likeness (QED) is 0.285. The fourth-order valence-electron chi connectivity index (χ4n) is 2.25. The molecule has 0 saturated carbocycles. The number of amides is 1. The summed E-state index contributed by atoms with van der Waals surface area (Å²) >= 11 is 0. The number of anilines is 1. The molecule has 0 fully saturated rings. The Morgan fingerprint density at radius 3 is 2.34 bits per heavy atom. The number of carbonyl (C=O) groups is 3. The summed E-state index contributed by atoms with van der Waals surface area (Å²) < 4.78 is 10.4. The van der Waals surface area contributed by atoms with Crippen molar-refractivity contribution in [2.75, 3.05) is 18.5 Å². The molecule has 0 spiro atoms. The van der Waals surface area contributed by atoms with Gasteiger partial charge in [-0.1, -0.05) is 31.7 Å². The first-order chi connectivity index (χ1) is 14.0. The lowest BCUT2D eigenvalue weighted by Gasteiger charge is -2.05. The van der Waals surface area contributed by atoms with Crippen LogP contribution in [0.2, 0.25) is 0 Å². The fraction of sp³-hybridized carbons (Fsp3) is 0.174. The van der Waals surface area contributed by atoms with Crippen molar-refractivity contribution in [3.05, 3.63) is 78.4 Å². The van der Waals surface area contributed by atoms with E-state index in [0.29, 0.717) is 30.0 Å². The maximum Gasteiger partial charge on any atom is 0.331 e. The molecule has 0 aliphatic rings. The van der Waals surface area contributed by atoms with Gasteiger partial charge in [-0.2, -0.15) is 0 Å². The summed E-state index contributed by atoms with van der Waals surface area (Å²) in [5, 5.41) is 2.70. The first-order valence-electron chi connectivity index (χ1n) is 9.13. The van der Waals surface area contributed by atoms with E-state index in [1.807, 2.05) is 0 Å². The van der Waals surface area contributed by atoms with Crippen molar-refractivity contribution in [2.24, 2.45) is 0 Å². The molecule has 6 nitrogen and oxygen atoms in total. The van der Waals surface area contributed by atoms with E-state index >= 15 is 0 Å². The fourth-order valence-corrected chi connectivity index (χ4v) is 2.25. The monoisotopic (exact) mass is 393 g/mol. The molecule has 0 aliphatic carbocycles. The van der Waals surface area contributed by atoms with Gasteiger partial charge >= 0.3 is 5.97 Å². The lowest BCUT2D eigenvalue weighted by molar-refractivity contribution is -0.136. The summed E-state index contributed by atoms with van der Waals surface area (Å²) in [6.45, 7) is 5.40. The summed E-state index contributed by atoms with van der Waals surface area (Å²) in [6, 6.07) is 13.6. The lowest BCUT2D eigenvalue weighted by atomic mass is 10.1. The highest BCUT2D eigenvalue weighted by Gasteiger charge is 2.09. The van der Waals surface area contributed by atoms with Crippen LogP contribution in [0.4, 0.5) is 5.69 Å². The molecule has 1 N–H and O–H groups in total. The number of ketones is 1. The summed E-state index contributed by atoms with van der Waals surface area (Å²) in [5.74, 6) is -0.347. The molecule has 0 aromatic heterocycles. The Hall–Kier alpha value is -3.67. The van der Waals surface area contributed by atoms with Crippen LogP contribution in [0, 0.1) is 0 Å². The van der Waals surface area contributed by atoms with Crippen molar-refractivity contribution in [3.63, 3.8) is 0 Å². The molecule has 2 aromatic rings. The maximum atomic E-state index is 12.1. The highest BCUT2D eigenvalue weighted by molar-refractivity contribution is 5.99. The Labute approximate surface area is 169 Å². The smallest absolute Gasteiger partial charge is 0.331 e. The van der Waals surface area contributed by atoms with E-state index < -0.39 is 5.97 Å². The van der Waals surface area contributed by atoms with E-state index in [-0.39, 0.29) is 18.3 Å². The van der Waals surface area contributed by atoms with E-state index in [1.54, 1.807) is 67.6 Å². The normalized spacial score (nSPS) is 10.4. The zero-order valence-electron chi connectivity index (χ0n) is 16.2. The first-order valence-corrected chi connectivity index (χ1v) is 9.13. The Kier molecular flexibility index (Phi) is 8.38. The van der Waals surface area contributed by atoms with Gasteiger partial charge in [0.1, 0.15) is 12.4 Å². The molecule has 0 radical (unpaired) electrons. The summed E-state index contributed by atoms with van der Waals surface area (Å²) in [5.41, 5.74) is 1.80. The van der Waals surface area contributed by atoms with Crippen LogP contribution in [0.1, 0.15) is 29.3 Å². The third-order valence-electron chi connectivity index (χ3n) is 3.82. The topological polar surface area (TPSA) is 81.7 Å². The number of esters is 1. The summed E-state index contributed by atoms with van der Waals surface area (Å²) in [4.78, 5) is 35.3. The summed E-state index contributed by atoms with van der Waals surface area (Å²) in [7, 11) is 0. The van der Waals surface area contributed by atoms with Crippen LogP contribution < -0.4 is 10.1 Å². The molecule has 150 valence electrons. The number of benzene rings is 2. The molecule has 0 bridgehead atoms. The zero-order chi connectivity index (χ0) is 21.1. The van der Waals surface area contributed by atoms with Crippen molar-refractivity contribution >= 4 is 29.4 Å². The molecule has 6 heteroatoms. The van der Waals surface area contributed by atoms with Crippen LogP contribution in [0.5, 0.6) is 5.75 Å². The van der Waals surface area contributed by atoms with E-state index in [1.165, 1.54) is 6.08 Å². The molecule has 29 heavy (non-hydrogen) atoms. The van der Waals surface area contributed by atoms with Gasteiger partial charge in [0.25, 0.3) is 0 Å². The maximum absolute atomic E-state index is 12.1. The predicted molar refractivity (Wildman–Crippen MR) is 112 cm³/mol. The molecular formula is C23H23NO5. The van der Waals surface area contributed by atoms with E-state index in [2.05, 4.69) is 11.9 Å². The Balaban J connectivity index is 1.82. The van der Waals surface area contributed by atoms with Crippen molar-refractivity contribution < 1.29 is 23.9 Å². The number of carbonyl (C=O) groups excluding carboxylic acids is 3. The molecular weight excluding hydrogens is 370 g/mol. The molecule has 0 unspecified atom stereocenters. The van der Waals surface area contributed by atoms with E-state index in [9.17, 15) is 14.4 Å². The van der Waals surface area contributed by atoms with Crippen LogP contribution >= 0.6 is 0 Å². The van der Waals surface area contributed by atoms with Crippen LogP contribution in [0.25, 0.3) is 6.08 Å². The highest BCUT2D eigenvalue weighted by Crippen LogP contribution is 2.13. The number of nitrogens with one attached hydrogen (secondary N) is 1. The van der Waals surface area contributed by atoms with Crippen molar-refractivity contribution in [1.29, 1.82) is 0 Å². The first kappa shape index (κ1) is 21.6. The minimum Gasteiger partial charge on any atom is -0.490 e. The molecule has 0 atom stereocenters. The average molecular weight is 393 g/mol. The van der Waals surface area contributed by atoms with Gasteiger partial charge in [0.05, 0.1) is 0 Å².